The number of nitrogens with zero attached hydrogens (tertiary/aromatic N) is 2. The Morgan fingerprint density at radius 2 is 2.24 bits per heavy atom. The molecule has 1 saturated heterocycles. The first-order chi connectivity index (χ1) is 14.1. The van der Waals surface area contributed by atoms with Gasteiger partial charge in [0.25, 0.3) is 5.91 Å². The summed E-state index contributed by atoms with van der Waals surface area (Å²) in [7, 11) is 0. The molecule has 0 radical (unpaired) electrons. The lowest BCUT2D eigenvalue weighted by Crippen LogP contribution is -2.25. The van der Waals surface area contributed by atoms with Crippen molar-refractivity contribution >= 4 is 39.1 Å². The molecule has 0 saturated carbocycles. The Morgan fingerprint density at radius 1 is 1.41 bits per heavy atom. The van der Waals surface area contributed by atoms with Crippen molar-refractivity contribution in [3.63, 3.8) is 0 Å². The fourth-order valence-corrected chi connectivity index (χ4v) is 4.60. The molecule has 0 aliphatic carbocycles. The molecule has 1 atom stereocenters. The first kappa shape index (κ1) is 20.3. The summed E-state index contributed by atoms with van der Waals surface area (Å²) in [6.07, 6.45) is 3.22. The summed E-state index contributed by atoms with van der Waals surface area (Å²) in [5, 5.41) is 9.26. The number of carbonyl (C=O) groups excluding carboxylic acids is 1. The van der Waals surface area contributed by atoms with Crippen LogP contribution in [0.2, 0.25) is 5.02 Å². The Labute approximate surface area is 178 Å². The van der Waals surface area contributed by atoms with E-state index in [1.807, 2.05) is 41.9 Å². The fraction of sp³-hybridized carbons (Fsp3) is 0.429. The molecule has 1 amide bonds. The van der Waals surface area contributed by atoms with E-state index in [1.54, 1.807) is 0 Å². The van der Waals surface area contributed by atoms with E-state index in [0.29, 0.717) is 29.7 Å². The molecule has 3 heterocycles. The van der Waals surface area contributed by atoms with Crippen LogP contribution in [0.1, 0.15) is 34.6 Å². The molecule has 1 N–H and O–H groups in total. The minimum Gasteiger partial charge on any atom is -0.379 e. The van der Waals surface area contributed by atoms with E-state index < -0.39 is 0 Å². The van der Waals surface area contributed by atoms with Gasteiger partial charge in [-0.3, -0.25) is 4.79 Å². The molecule has 3 aromatic rings. The average molecular weight is 434 g/mol. The van der Waals surface area contributed by atoms with Crippen LogP contribution in [0.4, 0.5) is 0 Å². The van der Waals surface area contributed by atoms with Crippen molar-refractivity contribution < 1.29 is 14.3 Å². The van der Waals surface area contributed by atoms with Crippen molar-refractivity contribution in [3.8, 4) is 5.69 Å². The van der Waals surface area contributed by atoms with Gasteiger partial charge in [0.15, 0.2) is 0 Å². The minimum atomic E-state index is -0.0626. The molecular weight excluding hydrogens is 410 g/mol. The molecule has 4 rings (SSSR count). The number of rotatable bonds is 8. The van der Waals surface area contributed by atoms with Gasteiger partial charge in [0.1, 0.15) is 4.83 Å². The van der Waals surface area contributed by atoms with Crippen LogP contribution < -0.4 is 5.32 Å². The Hall–Kier alpha value is -1.93. The van der Waals surface area contributed by atoms with Gasteiger partial charge in [-0.25, -0.2) is 4.68 Å². The summed E-state index contributed by atoms with van der Waals surface area (Å²) < 4.78 is 13.0. The van der Waals surface area contributed by atoms with Crippen molar-refractivity contribution in [1.82, 2.24) is 15.1 Å². The maximum Gasteiger partial charge on any atom is 0.261 e. The first-order valence-electron chi connectivity index (χ1n) is 9.84. The number of ether oxygens (including phenoxy) is 2. The van der Waals surface area contributed by atoms with Gasteiger partial charge in [0.2, 0.25) is 0 Å². The number of thiophene rings is 1. The molecule has 154 valence electrons. The number of halogens is 1. The van der Waals surface area contributed by atoms with Gasteiger partial charge in [0, 0.05) is 30.2 Å². The molecule has 1 aliphatic heterocycles. The van der Waals surface area contributed by atoms with Gasteiger partial charge in [-0.1, -0.05) is 11.6 Å². The van der Waals surface area contributed by atoms with Crippen LogP contribution in [-0.4, -0.2) is 48.2 Å². The van der Waals surface area contributed by atoms with Crippen molar-refractivity contribution in [2.75, 3.05) is 26.4 Å². The van der Waals surface area contributed by atoms with Crippen molar-refractivity contribution in [3.05, 3.63) is 45.9 Å². The van der Waals surface area contributed by atoms with Crippen LogP contribution in [0.5, 0.6) is 0 Å². The Balaban J connectivity index is 1.33. The maximum absolute atomic E-state index is 12.5. The van der Waals surface area contributed by atoms with Crippen molar-refractivity contribution in [1.29, 1.82) is 0 Å². The first-order valence-corrected chi connectivity index (χ1v) is 11.0. The van der Waals surface area contributed by atoms with E-state index in [2.05, 4.69) is 10.4 Å². The summed E-state index contributed by atoms with van der Waals surface area (Å²) in [6.45, 7) is 4.64. The summed E-state index contributed by atoms with van der Waals surface area (Å²) in [4.78, 5) is 14.2. The Bertz CT molecular complexity index is 977. The molecular formula is C21H24ClN3O3S. The number of aryl methyl sites for hydroxylation is 1. The Morgan fingerprint density at radius 3 is 3.00 bits per heavy atom. The highest BCUT2D eigenvalue weighted by Gasteiger charge is 2.17. The average Bonchev–Trinajstić information content (AvgIpc) is 3.44. The number of benzene rings is 1. The van der Waals surface area contributed by atoms with Crippen LogP contribution in [0.3, 0.4) is 0 Å². The number of amides is 1. The molecule has 6 nitrogen and oxygen atoms in total. The third-order valence-corrected chi connectivity index (χ3v) is 6.28. The van der Waals surface area contributed by atoms with Gasteiger partial charge in [-0.2, -0.15) is 5.10 Å². The van der Waals surface area contributed by atoms with E-state index in [0.717, 1.165) is 47.5 Å². The van der Waals surface area contributed by atoms with Crippen molar-refractivity contribution in [2.24, 2.45) is 0 Å². The Kier molecular flexibility index (Phi) is 6.50. The third-order valence-electron chi connectivity index (χ3n) is 4.92. The fourth-order valence-electron chi connectivity index (χ4n) is 3.37. The lowest BCUT2D eigenvalue weighted by atomic mass is 10.2. The molecule has 1 aliphatic rings. The quantitative estimate of drug-likeness (QED) is 0.536. The zero-order valence-corrected chi connectivity index (χ0v) is 17.9. The molecule has 1 aromatic carbocycles. The van der Waals surface area contributed by atoms with Crippen LogP contribution in [0, 0.1) is 6.92 Å². The highest BCUT2D eigenvalue weighted by atomic mass is 35.5. The van der Waals surface area contributed by atoms with Gasteiger partial charge in [-0.15, -0.1) is 11.3 Å². The number of fused-ring (bicyclic) bond motifs is 1. The lowest BCUT2D eigenvalue weighted by molar-refractivity contribution is 0.0166. The zero-order chi connectivity index (χ0) is 20.2. The van der Waals surface area contributed by atoms with E-state index in [9.17, 15) is 4.79 Å². The number of hydrogen-bond acceptors (Lipinski definition) is 5. The van der Waals surface area contributed by atoms with E-state index in [4.69, 9.17) is 21.1 Å². The van der Waals surface area contributed by atoms with E-state index in [-0.39, 0.29) is 12.0 Å². The number of nitrogens with one attached hydrogen (secondary N) is 1. The second-order valence-corrected chi connectivity index (χ2v) is 8.59. The monoisotopic (exact) mass is 433 g/mol. The SMILES string of the molecule is Cc1nn(-c2ccc(Cl)cc2)c2sc(C(=O)NCCCOCC3CCCO3)cc12. The molecule has 0 spiro atoms. The van der Waals surface area contributed by atoms with E-state index in [1.165, 1.54) is 11.3 Å². The van der Waals surface area contributed by atoms with Gasteiger partial charge < -0.3 is 14.8 Å². The van der Waals surface area contributed by atoms with Gasteiger partial charge >= 0.3 is 0 Å². The summed E-state index contributed by atoms with van der Waals surface area (Å²) in [6, 6.07) is 9.43. The number of aromatic nitrogens is 2. The van der Waals surface area contributed by atoms with E-state index >= 15 is 0 Å². The normalized spacial score (nSPS) is 16.6. The summed E-state index contributed by atoms with van der Waals surface area (Å²) in [5.41, 5.74) is 1.82. The topological polar surface area (TPSA) is 65.4 Å². The second kappa shape index (κ2) is 9.26. The predicted octanol–water partition coefficient (Wildman–Crippen LogP) is 4.36. The molecule has 0 bridgehead atoms. The number of hydrogen-bond donors (Lipinski definition) is 1. The summed E-state index contributed by atoms with van der Waals surface area (Å²) in [5.74, 6) is -0.0626. The smallest absolute Gasteiger partial charge is 0.261 e. The zero-order valence-electron chi connectivity index (χ0n) is 16.3. The highest BCUT2D eigenvalue weighted by molar-refractivity contribution is 7.20. The standard InChI is InChI=1S/C21H24ClN3O3S/c1-14-18-12-19(20(26)23-9-3-10-27-13-17-4-2-11-28-17)29-21(18)25(24-14)16-7-5-15(22)6-8-16/h5-8,12,17H,2-4,9-11,13H2,1H3,(H,23,26). The minimum absolute atomic E-state index is 0.0626. The largest absolute Gasteiger partial charge is 0.379 e. The molecule has 1 fully saturated rings. The molecule has 8 heteroatoms. The summed E-state index contributed by atoms with van der Waals surface area (Å²) >= 11 is 7.43. The number of carbonyl (C=O) groups is 1. The van der Waals surface area contributed by atoms with Gasteiger partial charge in [0.05, 0.1) is 29.0 Å². The highest BCUT2D eigenvalue weighted by Crippen LogP contribution is 2.30. The van der Waals surface area contributed by atoms with Gasteiger partial charge in [-0.05, 0) is 56.5 Å². The van der Waals surface area contributed by atoms with Crippen LogP contribution >= 0.6 is 22.9 Å². The molecule has 2 aromatic heterocycles. The predicted molar refractivity (Wildman–Crippen MR) is 115 cm³/mol. The maximum atomic E-state index is 12.5. The van der Waals surface area contributed by atoms with Crippen LogP contribution in [0.15, 0.2) is 30.3 Å². The third kappa shape index (κ3) is 4.80. The van der Waals surface area contributed by atoms with Crippen LogP contribution in [-0.2, 0) is 9.47 Å². The molecule has 29 heavy (non-hydrogen) atoms. The van der Waals surface area contributed by atoms with Crippen LogP contribution in [0.25, 0.3) is 15.9 Å². The lowest BCUT2D eigenvalue weighted by Gasteiger charge is -2.10. The molecule has 1 unspecified atom stereocenters. The van der Waals surface area contributed by atoms with Crippen molar-refractivity contribution in [2.45, 2.75) is 32.3 Å². The second-order valence-electron chi connectivity index (χ2n) is 7.12.